The summed E-state index contributed by atoms with van der Waals surface area (Å²) in [5.41, 5.74) is 3.10. The van der Waals surface area contributed by atoms with Crippen molar-refractivity contribution in [2.24, 2.45) is 0 Å². The van der Waals surface area contributed by atoms with E-state index in [2.05, 4.69) is 5.16 Å². The van der Waals surface area contributed by atoms with Gasteiger partial charge < -0.3 is 9.09 Å². The summed E-state index contributed by atoms with van der Waals surface area (Å²) in [6.45, 7) is 4.00. The second-order valence-electron chi connectivity index (χ2n) is 5.21. The van der Waals surface area contributed by atoms with Gasteiger partial charge in [-0.3, -0.25) is 4.79 Å². The zero-order valence-electron chi connectivity index (χ0n) is 12.3. The Morgan fingerprint density at radius 3 is 2.73 bits per heavy atom. The number of rotatable bonds is 3. The van der Waals surface area contributed by atoms with Crippen LogP contribution in [0.1, 0.15) is 17.0 Å². The van der Waals surface area contributed by atoms with Crippen LogP contribution in [-0.4, -0.2) is 9.72 Å². The second kappa shape index (κ2) is 5.60. The number of hydrogen-bond donors (Lipinski definition) is 0. The third-order valence-electron chi connectivity index (χ3n) is 3.55. The monoisotopic (exact) mass is 298 g/mol. The maximum Gasteiger partial charge on any atom is 0.250 e. The molecule has 0 saturated carbocycles. The van der Waals surface area contributed by atoms with Gasteiger partial charge in [-0.05, 0) is 37.6 Å². The molecule has 4 nitrogen and oxygen atoms in total. The van der Waals surface area contributed by atoms with Crippen molar-refractivity contribution in [3.8, 4) is 11.1 Å². The van der Waals surface area contributed by atoms with E-state index in [1.54, 1.807) is 29.0 Å². The van der Waals surface area contributed by atoms with Gasteiger partial charge in [0.1, 0.15) is 11.6 Å². The Bertz CT molecular complexity index is 861. The standard InChI is InChI=1S/C17H15FN2O2/c1-11-17(12(2)22-19-11)14-6-7-16(21)20(10-14)9-13-4-3-5-15(18)8-13/h3-8,10H,9H2,1-2H3. The van der Waals surface area contributed by atoms with Gasteiger partial charge >= 0.3 is 0 Å². The average Bonchev–Trinajstić information content (AvgIpc) is 2.81. The van der Waals surface area contributed by atoms with E-state index in [9.17, 15) is 9.18 Å². The molecular formula is C17H15FN2O2. The van der Waals surface area contributed by atoms with E-state index in [0.29, 0.717) is 12.3 Å². The number of halogens is 1. The highest BCUT2D eigenvalue weighted by Crippen LogP contribution is 2.25. The molecule has 0 saturated heterocycles. The Morgan fingerprint density at radius 1 is 1.23 bits per heavy atom. The van der Waals surface area contributed by atoms with E-state index in [1.807, 2.05) is 13.8 Å². The molecule has 22 heavy (non-hydrogen) atoms. The molecule has 0 atom stereocenters. The van der Waals surface area contributed by atoms with Crippen LogP contribution >= 0.6 is 0 Å². The lowest BCUT2D eigenvalue weighted by Crippen LogP contribution is -2.19. The Morgan fingerprint density at radius 2 is 2.05 bits per heavy atom. The minimum atomic E-state index is -0.313. The first kappa shape index (κ1) is 14.3. The van der Waals surface area contributed by atoms with Gasteiger partial charge in [0.05, 0.1) is 12.2 Å². The van der Waals surface area contributed by atoms with Crippen molar-refractivity contribution in [1.29, 1.82) is 0 Å². The Hall–Kier alpha value is -2.69. The van der Waals surface area contributed by atoms with Crippen LogP contribution in [0.3, 0.4) is 0 Å². The van der Waals surface area contributed by atoms with E-state index < -0.39 is 0 Å². The lowest BCUT2D eigenvalue weighted by atomic mass is 10.1. The predicted octanol–water partition coefficient (Wildman–Crippen LogP) is 3.31. The van der Waals surface area contributed by atoms with Gasteiger partial charge in [0, 0.05) is 23.4 Å². The van der Waals surface area contributed by atoms with Gasteiger partial charge in [0.25, 0.3) is 5.56 Å². The molecule has 3 aromatic rings. The number of aromatic nitrogens is 2. The first-order valence-corrected chi connectivity index (χ1v) is 6.93. The largest absolute Gasteiger partial charge is 0.361 e. The third-order valence-corrected chi connectivity index (χ3v) is 3.55. The second-order valence-corrected chi connectivity index (χ2v) is 5.21. The molecule has 3 rings (SSSR count). The SMILES string of the molecule is Cc1noc(C)c1-c1ccc(=O)n(Cc2cccc(F)c2)c1. The van der Waals surface area contributed by atoms with E-state index >= 15 is 0 Å². The summed E-state index contributed by atoms with van der Waals surface area (Å²) in [7, 11) is 0. The molecule has 0 aliphatic carbocycles. The predicted molar refractivity (Wildman–Crippen MR) is 81.2 cm³/mol. The van der Waals surface area contributed by atoms with Crippen LogP contribution in [-0.2, 0) is 6.54 Å². The van der Waals surface area contributed by atoms with Crippen molar-refractivity contribution in [2.45, 2.75) is 20.4 Å². The molecule has 0 aliphatic rings. The first-order chi connectivity index (χ1) is 10.5. The quantitative estimate of drug-likeness (QED) is 0.745. The van der Waals surface area contributed by atoms with Crippen molar-refractivity contribution in [1.82, 2.24) is 9.72 Å². The van der Waals surface area contributed by atoms with E-state index in [1.165, 1.54) is 18.2 Å². The molecule has 2 aromatic heterocycles. The Kier molecular flexibility index (Phi) is 3.63. The highest BCUT2D eigenvalue weighted by molar-refractivity contribution is 5.66. The molecule has 0 aliphatic heterocycles. The average molecular weight is 298 g/mol. The summed E-state index contributed by atoms with van der Waals surface area (Å²) in [5.74, 6) is 0.390. The van der Waals surface area contributed by atoms with Crippen LogP contribution in [0.25, 0.3) is 11.1 Å². The molecule has 0 N–H and O–H groups in total. The summed E-state index contributed by atoms with van der Waals surface area (Å²) < 4.78 is 20.0. The van der Waals surface area contributed by atoms with Crippen LogP contribution in [0.15, 0.2) is 51.9 Å². The van der Waals surface area contributed by atoms with Crippen molar-refractivity contribution < 1.29 is 8.91 Å². The van der Waals surface area contributed by atoms with Gasteiger partial charge in [-0.25, -0.2) is 4.39 Å². The maximum atomic E-state index is 13.3. The fourth-order valence-corrected chi connectivity index (χ4v) is 2.53. The summed E-state index contributed by atoms with van der Waals surface area (Å²) in [5, 5.41) is 3.93. The molecule has 112 valence electrons. The van der Waals surface area contributed by atoms with Crippen LogP contribution in [0.4, 0.5) is 4.39 Å². The Labute approximate surface area is 126 Å². The number of benzene rings is 1. The van der Waals surface area contributed by atoms with Gasteiger partial charge in [-0.2, -0.15) is 0 Å². The summed E-state index contributed by atoms with van der Waals surface area (Å²) in [6, 6.07) is 9.48. The number of hydrogen-bond acceptors (Lipinski definition) is 3. The van der Waals surface area contributed by atoms with Crippen molar-refractivity contribution >= 4 is 0 Å². The summed E-state index contributed by atoms with van der Waals surface area (Å²) >= 11 is 0. The van der Waals surface area contributed by atoms with Crippen LogP contribution in [0, 0.1) is 19.7 Å². The van der Waals surface area contributed by atoms with E-state index in [-0.39, 0.29) is 11.4 Å². The molecule has 2 heterocycles. The lowest BCUT2D eigenvalue weighted by molar-refractivity contribution is 0.393. The molecule has 0 spiro atoms. The molecule has 5 heteroatoms. The topological polar surface area (TPSA) is 48.0 Å². The maximum absolute atomic E-state index is 13.3. The fourth-order valence-electron chi connectivity index (χ4n) is 2.53. The van der Waals surface area contributed by atoms with Gasteiger partial charge in [0.15, 0.2) is 0 Å². The minimum Gasteiger partial charge on any atom is -0.361 e. The number of pyridine rings is 1. The van der Waals surface area contributed by atoms with Gasteiger partial charge in [-0.1, -0.05) is 17.3 Å². The van der Waals surface area contributed by atoms with Crippen molar-refractivity contribution in [2.75, 3.05) is 0 Å². The Balaban J connectivity index is 2.02. The zero-order valence-corrected chi connectivity index (χ0v) is 12.3. The molecule has 0 amide bonds. The van der Waals surface area contributed by atoms with E-state index in [4.69, 9.17) is 4.52 Å². The normalized spacial score (nSPS) is 10.9. The lowest BCUT2D eigenvalue weighted by Gasteiger charge is -2.08. The van der Waals surface area contributed by atoms with Crippen LogP contribution < -0.4 is 5.56 Å². The third kappa shape index (κ3) is 2.70. The summed E-state index contributed by atoms with van der Waals surface area (Å²) in [4.78, 5) is 12.0. The van der Waals surface area contributed by atoms with Crippen molar-refractivity contribution in [3.63, 3.8) is 0 Å². The highest BCUT2D eigenvalue weighted by Gasteiger charge is 2.12. The molecule has 0 bridgehead atoms. The van der Waals surface area contributed by atoms with Gasteiger partial charge in [-0.15, -0.1) is 0 Å². The molecular weight excluding hydrogens is 283 g/mol. The van der Waals surface area contributed by atoms with Crippen LogP contribution in [0.2, 0.25) is 0 Å². The molecule has 1 aromatic carbocycles. The minimum absolute atomic E-state index is 0.139. The smallest absolute Gasteiger partial charge is 0.250 e. The van der Waals surface area contributed by atoms with Crippen molar-refractivity contribution in [3.05, 3.63) is 75.8 Å². The molecule has 0 radical (unpaired) electrons. The number of aryl methyl sites for hydroxylation is 2. The number of nitrogens with zero attached hydrogens (tertiary/aromatic N) is 2. The fraction of sp³-hybridized carbons (Fsp3) is 0.176. The molecule has 0 fully saturated rings. The first-order valence-electron chi connectivity index (χ1n) is 6.93. The zero-order chi connectivity index (χ0) is 15.7. The molecule has 0 unspecified atom stereocenters. The van der Waals surface area contributed by atoms with Gasteiger partial charge in [0.2, 0.25) is 0 Å². The van der Waals surface area contributed by atoms with Crippen LogP contribution in [0.5, 0.6) is 0 Å². The summed E-state index contributed by atoms with van der Waals surface area (Å²) in [6.07, 6.45) is 1.75. The van der Waals surface area contributed by atoms with E-state index in [0.717, 1.165) is 22.4 Å². The highest BCUT2D eigenvalue weighted by atomic mass is 19.1.